The molecule has 0 aliphatic heterocycles. The number of hydrogen-bond acceptors (Lipinski definition) is 2. The van der Waals surface area contributed by atoms with Crippen LogP contribution >= 0.6 is 15.9 Å². The third-order valence-electron chi connectivity index (χ3n) is 3.34. The molecule has 0 bridgehead atoms. The Kier molecular flexibility index (Phi) is 4.86. The first-order valence-electron chi connectivity index (χ1n) is 7.15. The first-order valence-corrected chi connectivity index (χ1v) is 7.94. The number of nitrogens with zero attached hydrogens (tertiary/aromatic N) is 1. The first-order chi connectivity index (χ1) is 10.8. The maximum Gasteiger partial charge on any atom is 0.138 e. The van der Waals surface area contributed by atoms with E-state index in [0.717, 1.165) is 27.8 Å². The second-order valence-corrected chi connectivity index (χ2v) is 6.02. The Balaban J connectivity index is 1.66. The molecule has 0 aliphatic rings. The maximum absolute atomic E-state index is 5.82. The number of hydrogen-bond donors (Lipinski definition) is 0. The lowest BCUT2D eigenvalue weighted by Gasteiger charge is -2.08. The van der Waals surface area contributed by atoms with Gasteiger partial charge < -0.3 is 4.74 Å². The molecular weight excluding hydrogens is 338 g/mol. The molecule has 1 aromatic heterocycles. The van der Waals surface area contributed by atoms with E-state index < -0.39 is 0 Å². The van der Waals surface area contributed by atoms with Gasteiger partial charge in [-0.25, -0.2) is 0 Å². The molecule has 0 fully saturated rings. The monoisotopic (exact) mass is 353 g/mol. The van der Waals surface area contributed by atoms with E-state index in [1.807, 2.05) is 24.4 Å². The van der Waals surface area contributed by atoms with Crippen LogP contribution in [0, 0.1) is 0 Å². The molecular formula is C19H16BrNO. The third-order valence-corrected chi connectivity index (χ3v) is 3.87. The van der Waals surface area contributed by atoms with E-state index in [1.165, 1.54) is 5.56 Å². The van der Waals surface area contributed by atoms with Gasteiger partial charge in [-0.1, -0.05) is 58.4 Å². The van der Waals surface area contributed by atoms with E-state index in [-0.39, 0.29) is 0 Å². The van der Waals surface area contributed by atoms with Gasteiger partial charge in [-0.2, -0.15) is 0 Å². The van der Waals surface area contributed by atoms with Crippen molar-refractivity contribution >= 4 is 15.9 Å². The lowest BCUT2D eigenvalue weighted by atomic mass is 10.1. The van der Waals surface area contributed by atoms with Crippen molar-refractivity contribution in [3.05, 3.63) is 94.2 Å². The summed E-state index contributed by atoms with van der Waals surface area (Å²) in [5.74, 6) is 0.804. The van der Waals surface area contributed by atoms with Crippen LogP contribution in [0.1, 0.15) is 16.7 Å². The Hall–Kier alpha value is -2.13. The standard InChI is InChI=1S/C19H16BrNO/c20-18-8-6-15(7-9-18)10-17-11-19(13-21-12-17)22-14-16-4-2-1-3-5-16/h1-9,11-13H,10,14H2. The fraction of sp³-hybridized carbons (Fsp3) is 0.105. The second-order valence-electron chi connectivity index (χ2n) is 5.11. The molecule has 1 heterocycles. The summed E-state index contributed by atoms with van der Waals surface area (Å²) in [5, 5.41) is 0. The summed E-state index contributed by atoms with van der Waals surface area (Å²) in [6.45, 7) is 0.560. The van der Waals surface area contributed by atoms with E-state index in [1.54, 1.807) is 6.20 Å². The van der Waals surface area contributed by atoms with Crippen LogP contribution in [0.15, 0.2) is 77.5 Å². The van der Waals surface area contributed by atoms with Crippen LogP contribution in [0.4, 0.5) is 0 Å². The van der Waals surface area contributed by atoms with Gasteiger partial charge in [0.05, 0.1) is 6.20 Å². The Morgan fingerprint density at radius 1 is 0.818 bits per heavy atom. The normalized spacial score (nSPS) is 10.4. The number of ether oxygens (including phenoxy) is 1. The van der Waals surface area contributed by atoms with Crippen molar-refractivity contribution in [1.29, 1.82) is 0 Å². The minimum Gasteiger partial charge on any atom is -0.487 e. The topological polar surface area (TPSA) is 22.1 Å². The highest BCUT2D eigenvalue weighted by molar-refractivity contribution is 9.10. The highest BCUT2D eigenvalue weighted by Crippen LogP contribution is 2.18. The Bertz CT molecular complexity index is 726. The smallest absolute Gasteiger partial charge is 0.138 e. The van der Waals surface area contributed by atoms with Gasteiger partial charge >= 0.3 is 0 Å². The third kappa shape index (κ3) is 4.18. The zero-order valence-electron chi connectivity index (χ0n) is 12.1. The molecule has 3 rings (SSSR count). The Labute approximate surface area is 138 Å². The number of benzene rings is 2. The fourth-order valence-corrected chi connectivity index (χ4v) is 2.48. The molecule has 0 N–H and O–H groups in total. The quantitative estimate of drug-likeness (QED) is 0.642. The number of halogens is 1. The maximum atomic E-state index is 5.82. The summed E-state index contributed by atoms with van der Waals surface area (Å²) >= 11 is 3.45. The summed E-state index contributed by atoms with van der Waals surface area (Å²) < 4.78 is 6.91. The van der Waals surface area contributed by atoms with Gasteiger partial charge in [-0.15, -0.1) is 0 Å². The van der Waals surface area contributed by atoms with Crippen molar-refractivity contribution in [2.75, 3.05) is 0 Å². The molecule has 2 nitrogen and oxygen atoms in total. The lowest BCUT2D eigenvalue weighted by molar-refractivity contribution is 0.304. The first kappa shape index (κ1) is 14.8. The van der Waals surface area contributed by atoms with Gasteiger partial charge in [0.1, 0.15) is 12.4 Å². The van der Waals surface area contributed by atoms with Crippen LogP contribution in [0.5, 0.6) is 5.75 Å². The van der Waals surface area contributed by atoms with Crippen LogP contribution in [-0.2, 0) is 13.0 Å². The molecule has 0 saturated carbocycles. The van der Waals surface area contributed by atoms with Gasteiger partial charge in [-0.05, 0) is 41.3 Å². The molecule has 0 aliphatic carbocycles. The number of rotatable bonds is 5. The van der Waals surface area contributed by atoms with Gasteiger partial charge in [0, 0.05) is 10.7 Å². The highest BCUT2D eigenvalue weighted by atomic mass is 79.9. The van der Waals surface area contributed by atoms with E-state index in [9.17, 15) is 0 Å². The SMILES string of the molecule is Brc1ccc(Cc2cncc(OCc3ccccc3)c2)cc1. The van der Waals surface area contributed by atoms with Gasteiger partial charge in [0.15, 0.2) is 0 Å². The molecule has 0 saturated heterocycles. The van der Waals surface area contributed by atoms with Crippen LogP contribution in [0.25, 0.3) is 0 Å². The number of pyridine rings is 1. The molecule has 22 heavy (non-hydrogen) atoms. The van der Waals surface area contributed by atoms with Gasteiger partial charge in [-0.3, -0.25) is 4.98 Å². The zero-order chi connectivity index (χ0) is 15.2. The largest absolute Gasteiger partial charge is 0.487 e. The van der Waals surface area contributed by atoms with Crippen LogP contribution in [0.3, 0.4) is 0 Å². The predicted molar refractivity (Wildman–Crippen MR) is 92.0 cm³/mol. The molecule has 3 aromatic rings. The lowest BCUT2D eigenvalue weighted by Crippen LogP contribution is -1.97. The molecule has 0 spiro atoms. The van der Waals surface area contributed by atoms with E-state index in [0.29, 0.717) is 6.61 Å². The van der Waals surface area contributed by atoms with Crippen molar-refractivity contribution < 1.29 is 4.74 Å². The minimum atomic E-state index is 0.560. The minimum absolute atomic E-state index is 0.560. The number of aromatic nitrogens is 1. The fourth-order valence-electron chi connectivity index (χ4n) is 2.22. The van der Waals surface area contributed by atoms with Crippen LogP contribution in [0.2, 0.25) is 0 Å². The van der Waals surface area contributed by atoms with Gasteiger partial charge in [0.25, 0.3) is 0 Å². The van der Waals surface area contributed by atoms with E-state index in [2.05, 4.69) is 63.4 Å². The average molecular weight is 354 g/mol. The molecule has 110 valence electrons. The summed E-state index contributed by atoms with van der Waals surface area (Å²) in [6.07, 6.45) is 4.49. The van der Waals surface area contributed by atoms with Crippen molar-refractivity contribution in [3.8, 4) is 5.75 Å². The Morgan fingerprint density at radius 2 is 1.59 bits per heavy atom. The summed E-state index contributed by atoms with van der Waals surface area (Å²) in [4.78, 5) is 4.28. The Morgan fingerprint density at radius 3 is 2.36 bits per heavy atom. The molecule has 0 unspecified atom stereocenters. The summed E-state index contributed by atoms with van der Waals surface area (Å²) in [7, 11) is 0. The van der Waals surface area contributed by atoms with Crippen molar-refractivity contribution in [2.24, 2.45) is 0 Å². The van der Waals surface area contributed by atoms with Crippen LogP contribution < -0.4 is 4.74 Å². The van der Waals surface area contributed by atoms with Crippen LogP contribution in [-0.4, -0.2) is 4.98 Å². The summed E-state index contributed by atoms with van der Waals surface area (Å²) in [5.41, 5.74) is 3.55. The molecule has 0 atom stereocenters. The second kappa shape index (κ2) is 7.23. The van der Waals surface area contributed by atoms with Crippen molar-refractivity contribution in [2.45, 2.75) is 13.0 Å². The molecule has 0 amide bonds. The van der Waals surface area contributed by atoms with Gasteiger partial charge in [0.2, 0.25) is 0 Å². The molecule has 3 heteroatoms. The summed E-state index contributed by atoms with van der Waals surface area (Å²) in [6, 6.07) is 20.5. The molecule has 2 aromatic carbocycles. The predicted octanol–water partition coefficient (Wildman–Crippen LogP) is 5.01. The highest BCUT2D eigenvalue weighted by Gasteiger charge is 2.01. The van der Waals surface area contributed by atoms with E-state index >= 15 is 0 Å². The van der Waals surface area contributed by atoms with Crippen molar-refractivity contribution in [3.63, 3.8) is 0 Å². The van der Waals surface area contributed by atoms with Crippen molar-refractivity contribution in [1.82, 2.24) is 4.98 Å². The zero-order valence-corrected chi connectivity index (χ0v) is 13.7. The molecule has 0 radical (unpaired) electrons. The average Bonchev–Trinajstić information content (AvgIpc) is 2.57. The van der Waals surface area contributed by atoms with E-state index in [4.69, 9.17) is 4.74 Å².